The van der Waals surface area contributed by atoms with Crippen LogP contribution in [-0.2, 0) is 9.53 Å². The first-order valence-corrected chi connectivity index (χ1v) is 20.3. The standard InChI is InChI=1S/C44H76O3/c1-3-43(45)41-39-37-35-33-31-29-27-25-23-21-19-17-15-13-11-9-7-5-4-6-8-10-12-14-16-18-20-22-24-26-28-30-32-34-36-38-40-42-44(46)47-2/h1,36,38-39,41,43,45H,4-35,37H2,2H3. The molecule has 0 spiro atoms. The minimum Gasteiger partial charge on any atom is -0.459 e. The summed E-state index contributed by atoms with van der Waals surface area (Å²) >= 11 is 0. The maximum Gasteiger partial charge on any atom is 0.384 e. The molecule has 0 aromatic heterocycles. The molecule has 270 valence electrons. The number of methoxy groups -OCH3 is 1. The Bertz CT molecular complexity index is 808. The topological polar surface area (TPSA) is 46.5 Å². The quantitative estimate of drug-likeness (QED) is 0.0244. The van der Waals surface area contributed by atoms with Crippen LogP contribution in [0.5, 0.6) is 0 Å². The molecule has 0 bridgehead atoms. The van der Waals surface area contributed by atoms with Crippen LogP contribution in [0.1, 0.15) is 212 Å². The lowest BCUT2D eigenvalue weighted by Crippen LogP contribution is -1.95. The molecule has 3 heteroatoms. The monoisotopic (exact) mass is 653 g/mol. The van der Waals surface area contributed by atoms with Gasteiger partial charge >= 0.3 is 5.97 Å². The first-order valence-electron chi connectivity index (χ1n) is 20.3. The highest BCUT2D eigenvalue weighted by Crippen LogP contribution is 2.17. The molecule has 1 N–H and O–H groups in total. The molecule has 0 aliphatic rings. The summed E-state index contributed by atoms with van der Waals surface area (Å²) in [6.45, 7) is 0. The fourth-order valence-corrected chi connectivity index (χ4v) is 6.23. The molecule has 0 heterocycles. The number of aliphatic hydroxyl groups excluding tert-OH is 1. The molecular weight excluding hydrogens is 576 g/mol. The molecule has 0 rings (SSSR count). The normalized spacial score (nSPS) is 11.9. The summed E-state index contributed by atoms with van der Waals surface area (Å²) in [4.78, 5) is 10.9. The number of rotatable bonds is 35. The van der Waals surface area contributed by atoms with Gasteiger partial charge in [-0.3, -0.25) is 0 Å². The zero-order valence-electron chi connectivity index (χ0n) is 31.1. The Kier molecular flexibility index (Phi) is 38.5. The first kappa shape index (κ1) is 45.0. The lowest BCUT2D eigenvalue weighted by molar-refractivity contribution is -0.133. The van der Waals surface area contributed by atoms with Crippen molar-refractivity contribution in [1.29, 1.82) is 0 Å². The number of unbranched alkanes of at least 4 members (excludes halogenated alkanes) is 32. The Balaban J connectivity index is 3.13. The van der Waals surface area contributed by atoms with E-state index in [0.717, 1.165) is 12.8 Å². The van der Waals surface area contributed by atoms with Gasteiger partial charge in [0, 0.05) is 5.92 Å². The number of carbonyl (C=O) groups is 1. The molecule has 0 radical (unpaired) electrons. The van der Waals surface area contributed by atoms with E-state index >= 15 is 0 Å². The summed E-state index contributed by atoms with van der Waals surface area (Å²) < 4.78 is 4.48. The molecule has 0 aromatic rings. The van der Waals surface area contributed by atoms with Crippen LogP contribution in [0.25, 0.3) is 0 Å². The fraction of sp³-hybridized carbons (Fsp3) is 0.795. The van der Waals surface area contributed by atoms with E-state index in [4.69, 9.17) is 6.42 Å². The van der Waals surface area contributed by atoms with Crippen molar-refractivity contribution in [3.05, 3.63) is 24.3 Å². The van der Waals surface area contributed by atoms with Gasteiger partial charge in [-0.25, -0.2) is 4.79 Å². The summed E-state index contributed by atoms with van der Waals surface area (Å²) in [5.41, 5.74) is 0. The zero-order valence-corrected chi connectivity index (χ0v) is 31.1. The number of terminal acetylenes is 1. The van der Waals surface area contributed by atoms with Gasteiger partial charge in [-0.2, -0.15) is 0 Å². The summed E-state index contributed by atoms with van der Waals surface area (Å²) in [5.74, 6) is 6.94. The van der Waals surface area contributed by atoms with Crippen molar-refractivity contribution in [3.8, 4) is 24.2 Å². The Labute approximate surface area is 293 Å². The molecule has 0 aliphatic carbocycles. The minimum absolute atomic E-state index is 0.476. The lowest BCUT2D eigenvalue weighted by Gasteiger charge is -2.05. The largest absolute Gasteiger partial charge is 0.459 e. The van der Waals surface area contributed by atoms with Gasteiger partial charge in [-0.15, -0.1) is 6.42 Å². The molecule has 1 atom stereocenters. The molecule has 0 saturated carbocycles. The van der Waals surface area contributed by atoms with Gasteiger partial charge in [0.25, 0.3) is 0 Å². The maximum atomic E-state index is 10.9. The summed E-state index contributed by atoms with van der Waals surface area (Å²) in [5, 5.41) is 9.27. The average molecular weight is 653 g/mol. The fourth-order valence-electron chi connectivity index (χ4n) is 6.23. The lowest BCUT2D eigenvalue weighted by atomic mass is 10.0. The van der Waals surface area contributed by atoms with E-state index in [1.54, 1.807) is 12.2 Å². The second kappa shape index (κ2) is 40.2. The summed E-state index contributed by atoms with van der Waals surface area (Å²) in [6, 6.07) is 0. The molecular formula is C44H76O3. The van der Waals surface area contributed by atoms with Crippen LogP contribution >= 0.6 is 0 Å². The van der Waals surface area contributed by atoms with E-state index in [0.29, 0.717) is 0 Å². The number of carbonyl (C=O) groups excluding carboxylic acids is 1. The predicted molar refractivity (Wildman–Crippen MR) is 205 cm³/mol. The second-order valence-corrected chi connectivity index (χ2v) is 13.7. The predicted octanol–water partition coefficient (Wildman–Crippen LogP) is 13.1. The van der Waals surface area contributed by atoms with E-state index in [2.05, 4.69) is 28.6 Å². The first-order chi connectivity index (χ1) is 23.2. The highest BCUT2D eigenvalue weighted by molar-refractivity contribution is 5.88. The van der Waals surface area contributed by atoms with Gasteiger partial charge in [0.1, 0.15) is 6.10 Å². The number of esters is 1. The van der Waals surface area contributed by atoms with Crippen LogP contribution in [0.15, 0.2) is 24.3 Å². The summed E-state index contributed by atoms with van der Waals surface area (Å²) in [7, 11) is 1.35. The van der Waals surface area contributed by atoms with Crippen molar-refractivity contribution in [2.75, 3.05) is 7.11 Å². The molecule has 3 nitrogen and oxygen atoms in total. The van der Waals surface area contributed by atoms with Crippen LogP contribution < -0.4 is 0 Å². The number of hydrogen-bond donors (Lipinski definition) is 1. The van der Waals surface area contributed by atoms with Crippen LogP contribution in [0.3, 0.4) is 0 Å². The van der Waals surface area contributed by atoms with Crippen molar-refractivity contribution in [1.82, 2.24) is 0 Å². The van der Waals surface area contributed by atoms with Crippen LogP contribution in [0, 0.1) is 24.2 Å². The van der Waals surface area contributed by atoms with Crippen molar-refractivity contribution >= 4 is 5.97 Å². The molecule has 0 fully saturated rings. The number of hydrogen-bond acceptors (Lipinski definition) is 3. The Morgan fingerprint density at radius 2 is 0.809 bits per heavy atom. The molecule has 0 aliphatic heterocycles. The third kappa shape index (κ3) is 40.1. The zero-order chi connectivity index (χ0) is 34.1. The van der Waals surface area contributed by atoms with E-state index in [1.165, 1.54) is 206 Å². The minimum atomic E-state index is -0.712. The van der Waals surface area contributed by atoms with E-state index in [-0.39, 0.29) is 0 Å². The van der Waals surface area contributed by atoms with Gasteiger partial charge in [0.05, 0.1) is 7.11 Å². The number of ether oxygens (including phenoxy) is 1. The maximum absolute atomic E-state index is 10.9. The van der Waals surface area contributed by atoms with Gasteiger partial charge < -0.3 is 9.84 Å². The molecule has 0 aromatic carbocycles. The highest BCUT2D eigenvalue weighted by Gasteiger charge is 1.97. The second-order valence-electron chi connectivity index (χ2n) is 13.7. The number of allylic oxidation sites excluding steroid dienone is 3. The van der Waals surface area contributed by atoms with Crippen molar-refractivity contribution < 1.29 is 14.6 Å². The molecule has 1 unspecified atom stereocenters. The van der Waals surface area contributed by atoms with E-state index in [1.807, 2.05) is 6.08 Å². The van der Waals surface area contributed by atoms with Crippen molar-refractivity contribution in [3.63, 3.8) is 0 Å². The van der Waals surface area contributed by atoms with Crippen molar-refractivity contribution in [2.45, 2.75) is 218 Å². The Morgan fingerprint density at radius 1 is 0.532 bits per heavy atom. The Hall–Kier alpha value is -1.97. The van der Waals surface area contributed by atoms with Gasteiger partial charge in [0.15, 0.2) is 0 Å². The molecule has 0 saturated heterocycles. The van der Waals surface area contributed by atoms with Gasteiger partial charge in [0.2, 0.25) is 0 Å². The molecule has 47 heavy (non-hydrogen) atoms. The van der Waals surface area contributed by atoms with E-state index < -0.39 is 12.1 Å². The SMILES string of the molecule is C#CC(O)C=CCCCCCCCCCCCCCCCCCCCCCCCCCCCCCCCCCC=CC#CC(=O)OC. The third-order valence-electron chi connectivity index (χ3n) is 9.29. The molecule has 0 amide bonds. The highest BCUT2D eigenvalue weighted by atomic mass is 16.5. The van der Waals surface area contributed by atoms with Gasteiger partial charge in [-0.05, 0) is 37.8 Å². The Morgan fingerprint density at radius 3 is 1.09 bits per heavy atom. The average Bonchev–Trinajstić information content (AvgIpc) is 3.08. The van der Waals surface area contributed by atoms with Crippen LogP contribution in [-0.4, -0.2) is 24.3 Å². The van der Waals surface area contributed by atoms with Crippen molar-refractivity contribution in [2.24, 2.45) is 0 Å². The van der Waals surface area contributed by atoms with Crippen LogP contribution in [0.2, 0.25) is 0 Å². The van der Waals surface area contributed by atoms with Gasteiger partial charge in [-0.1, -0.05) is 210 Å². The van der Waals surface area contributed by atoms with Crippen LogP contribution in [0.4, 0.5) is 0 Å². The third-order valence-corrected chi connectivity index (χ3v) is 9.29. The van der Waals surface area contributed by atoms with E-state index in [9.17, 15) is 9.90 Å². The number of aliphatic hydroxyl groups is 1. The summed E-state index contributed by atoms with van der Waals surface area (Å²) in [6.07, 6.45) is 57.6. The smallest absolute Gasteiger partial charge is 0.384 e.